The van der Waals surface area contributed by atoms with E-state index in [2.05, 4.69) is 38.5 Å². The molecule has 1 atom stereocenters. The first-order valence-corrected chi connectivity index (χ1v) is 7.86. The molecule has 1 aliphatic rings. The maximum atomic E-state index is 11.2. The van der Waals surface area contributed by atoms with Crippen molar-refractivity contribution in [2.24, 2.45) is 0 Å². The van der Waals surface area contributed by atoms with E-state index in [-0.39, 0.29) is 11.9 Å². The van der Waals surface area contributed by atoms with Gasteiger partial charge >= 0.3 is 0 Å². The van der Waals surface area contributed by atoms with Crippen molar-refractivity contribution in [2.45, 2.75) is 26.3 Å². The highest BCUT2D eigenvalue weighted by atomic mass is 32.1. The van der Waals surface area contributed by atoms with Crippen LogP contribution in [0.5, 0.6) is 0 Å². The van der Waals surface area contributed by atoms with Crippen molar-refractivity contribution in [3.63, 3.8) is 0 Å². The molecule has 3 heterocycles. The smallest absolute Gasteiger partial charge is 0.225 e. The number of aryl methyl sites for hydroxylation is 1. The van der Waals surface area contributed by atoms with Gasteiger partial charge in [-0.3, -0.25) is 4.79 Å². The molecule has 3 rings (SSSR count). The van der Waals surface area contributed by atoms with Crippen LogP contribution in [-0.2, 0) is 4.79 Å². The lowest BCUT2D eigenvalue weighted by atomic mass is 10.2. The Morgan fingerprint density at radius 2 is 2.29 bits per heavy atom. The highest BCUT2D eigenvalue weighted by Crippen LogP contribution is 2.33. The van der Waals surface area contributed by atoms with Crippen LogP contribution in [0.1, 0.15) is 18.2 Å². The molecule has 2 N–H and O–H groups in total. The van der Waals surface area contributed by atoms with Crippen LogP contribution in [0.2, 0.25) is 0 Å². The molecule has 1 aliphatic heterocycles. The van der Waals surface area contributed by atoms with E-state index in [0.29, 0.717) is 5.95 Å². The average Bonchev–Trinajstić information content (AvgIpc) is 3.02. The van der Waals surface area contributed by atoms with Gasteiger partial charge in [0.25, 0.3) is 0 Å². The summed E-state index contributed by atoms with van der Waals surface area (Å²) in [5.74, 6) is 1.63. The van der Waals surface area contributed by atoms with Crippen LogP contribution in [0.3, 0.4) is 0 Å². The number of carbonyl (C=O) groups excluding carboxylic acids is 1. The Hall–Kier alpha value is -1.89. The fraction of sp³-hybridized carbons (Fsp3) is 0.500. The predicted octanol–water partition coefficient (Wildman–Crippen LogP) is 1.76. The summed E-state index contributed by atoms with van der Waals surface area (Å²) in [6.07, 6.45) is 0.948. The number of nitrogens with zero attached hydrogens (tertiary/aromatic N) is 3. The summed E-state index contributed by atoms with van der Waals surface area (Å²) in [7, 11) is 1.83. The van der Waals surface area contributed by atoms with Crippen LogP contribution in [0.25, 0.3) is 10.2 Å². The van der Waals surface area contributed by atoms with Crippen molar-refractivity contribution in [1.29, 1.82) is 0 Å². The van der Waals surface area contributed by atoms with E-state index in [9.17, 15) is 4.79 Å². The number of amides is 1. The molecular formula is C14H19N5OS. The van der Waals surface area contributed by atoms with Crippen LogP contribution >= 0.6 is 11.3 Å². The summed E-state index contributed by atoms with van der Waals surface area (Å²) in [5.41, 5.74) is 0. The lowest BCUT2D eigenvalue weighted by molar-refractivity contribution is -0.119. The van der Waals surface area contributed by atoms with Gasteiger partial charge in [-0.2, -0.15) is 4.98 Å². The first-order valence-electron chi connectivity index (χ1n) is 7.05. The lowest BCUT2D eigenvalue weighted by Crippen LogP contribution is -2.35. The summed E-state index contributed by atoms with van der Waals surface area (Å²) in [4.78, 5) is 24.8. The average molecular weight is 305 g/mol. The summed E-state index contributed by atoms with van der Waals surface area (Å²) in [6.45, 7) is 5.34. The van der Waals surface area contributed by atoms with Gasteiger partial charge in [0.1, 0.15) is 10.6 Å². The van der Waals surface area contributed by atoms with Crippen molar-refractivity contribution in [3.05, 3.63) is 10.9 Å². The van der Waals surface area contributed by atoms with Gasteiger partial charge in [0.05, 0.1) is 5.39 Å². The lowest BCUT2D eigenvalue weighted by Gasteiger charge is -2.19. The molecule has 1 unspecified atom stereocenters. The van der Waals surface area contributed by atoms with Gasteiger partial charge in [-0.15, -0.1) is 11.3 Å². The Balaban J connectivity index is 1.94. The number of aromatic nitrogens is 2. The van der Waals surface area contributed by atoms with Crippen LogP contribution in [0.15, 0.2) is 6.07 Å². The highest BCUT2D eigenvalue weighted by molar-refractivity contribution is 7.18. The number of hydrogen-bond donors (Lipinski definition) is 2. The second-order valence-electron chi connectivity index (χ2n) is 5.33. The minimum absolute atomic E-state index is 0.0250. The van der Waals surface area contributed by atoms with E-state index in [4.69, 9.17) is 0 Å². The Morgan fingerprint density at radius 1 is 1.48 bits per heavy atom. The van der Waals surface area contributed by atoms with Crippen molar-refractivity contribution in [3.8, 4) is 0 Å². The van der Waals surface area contributed by atoms with Gasteiger partial charge in [-0.1, -0.05) is 0 Å². The largest absolute Gasteiger partial charge is 0.357 e. The molecule has 21 heavy (non-hydrogen) atoms. The number of rotatable bonds is 3. The fourth-order valence-electron chi connectivity index (χ4n) is 2.74. The molecule has 0 spiro atoms. The third kappa shape index (κ3) is 2.78. The van der Waals surface area contributed by atoms with Gasteiger partial charge in [0, 0.05) is 38.0 Å². The first-order chi connectivity index (χ1) is 10.1. The monoisotopic (exact) mass is 305 g/mol. The number of nitrogens with one attached hydrogen (secondary N) is 2. The summed E-state index contributed by atoms with van der Waals surface area (Å²) in [5, 5.41) is 7.11. The Bertz CT molecular complexity index is 683. The number of thiophene rings is 1. The quantitative estimate of drug-likeness (QED) is 0.904. The van der Waals surface area contributed by atoms with Crippen LogP contribution in [0.4, 0.5) is 11.8 Å². The fourth-order valence-corrected chi connectivity index (χ4v) is 3.61. The van der Waals surface area contributed by atoms with Crippen molar-refractivity contribution in [1.82, 2.24) is 15.3 Å². The summed E-state index contributed by atoms with van der Waals surface area (Å²) >= 11 is 1.68. The SMILES string of the molecule is CNc1nc(N2CCC(NC(C)=O)C2)c2cc(C)sc2n1. The molecule has 0 aliphatic carbocycles. The van der Waals surface area contributed by atoms with E-state index in [1.807, 2.05) is 7.05 Å². The third-order valence-electron chi connectivity index (χ3n) is 3.61. The standard InChI is InChI=1S/C14H19N5OS/c1-8-6-11-12(17-14(15-3)18-13(11)21-8)19-5-4-10(7-19)16-9(2)20/h6,10H,4-5,7H2,1-3H3,(H,16,20)(H,15,17,18). The van der Waals surface area contributed by atoms with Crippen molar-refractivity contribution in [2.75, 3.05) is 30.4 Å². The Morgan fingerprint density at radius 3 is 3.00 bits per heavy atom. The number of anilines is 2. The van der Waals surface area contributed by atoms with E-state index in [0.717, 1.165) is 35.5 Å². The highest BCUT2D eigenvalue weighted by Gasteiger charge is 2.26. The van der Waals surface area contributed by atoms with Crippen molar-refractivity contribution >= 4 is 39.2 Å². The van der Waals surface area contributed by atoms with Crippen LogP contribution in [-0.4, -0.2) is 42.1 Å². The second-order valence-corrected chi connectivity index (χ2v) is 6.56. The van der Waals surface area contributed by atoms with Crippen molar-refractivity contribution < 1.29 is 4.79 Å². The zero-order chi connectivity index (χ0) is 15.0. The zero-order valence-electron chi connectivity index (χ0n) is 12.4. The molecule has 112 valence electrons. The molecule has 0 aromatic carbocycles. The van der Waals surface area contributed by atoms with E-state index in [1.165, 1.54) is 4.88 Å². The molecular weight excluding hydrogens is 286 g/mol. The molecule has 6 nitrogen and oxygen atoms in total. The molecule has 2 aromatic rings. The summed E-state index contributed by atoms with van der Waals surface area (Å²) < 4.78 is 0. The Kier molecular flexibility index (Phi) is 3.67. The maximum Gasteiger partial charge on any atom is 0.225 e. The molecule has 1 fully saturated rings. The van der Waals surface area contributed by atoms with Crippen LogP contribution in [0, 0.1) is 6.92 Å². The predicted molar refractivity (Wildman–Crippen MR) is 86.1 cm³/mol. The molecule has 1 amide bonds. The first kappa shape index (κ1) is 14.1. The molecule has 0 bridgehead atoms. The van der Waals surface area contributed by atoms with E-state index < -0.39 is 0 Å². The number of carbonyl (C=O) groups is 1. The van der Waals surface area contributed by atoms with Gasteiger partial charge in [-0.05, 0) is 19.4 Å². The maximum absolute atomic E-state index is 11.2. The number of fused-ring (bicyclic) bond motifs is 1. The minimum Gasteiger partial charge on any atom is -0.357 e. The molecule has 0 saturated carbocycles. The normalized spacial score (nSPS) is 18.2. The number of hydrogen-bond acceptors (Lipinski definition) is 6. The third-order valence-corrected chi connectivity index (χ3v) is 4.56. The van der Waals surface area contributed by atoms with Gasteiger partial charge in [0.15, 0.2) is 0 Å². The molecule has 1 saturated heterocycles. The van der Waals surface area contributed by atoms with Gasteiger partial charge < -0.3 is 15.5 Å². The van der Waals surface area contributed by atoms with Gasteiger partial charge in [-0.25, -0.2) is 4.98 Å². The second kappa shape index (κ2) is 5.48. The Labute approximate surface area is 127 Å². The minimum atomic E-state index is 0.0250. The topological polar surface area (TPSA) is 70.2 Å². The van der Waals surface area contributed by atoms with E-state index >= 15 is 0 Å². The molecule has 7 heteroatoms. The van der Waals surface area contributed by atoms with E-state index in [1.54, 1.807) is 18.3 Å². The molecule has 2 aromatic heterocycles. The van der Waals surface area contributed by atoms with Gasteiger partial charge in [0.2, 0.25) is 11.9 Å². The zero-order valence-corrected chi connectivity index (χ0v) is 13.3. The van der Waals surface area contributed by atoms with Crippen LogP contribution < -0.4 is 15.5 Å². The summed E-state index contributed by atoms with van der Waals surface area (Å²) in [6, 6.07) is 2.34. The molecule has 0 radical (unpaired) electrons.